The monoisotopic (exact) mass is 297 g/mol. The Bertz CT molecular complexity index is 679. The molecule has 1 aliphatic carbocycles. The van der Waals surface area contributed by atoms with E-state index in [4.69, 9.17) is 5.73 Å². The van der Waals surface area contributed by atoms with E-state index in [9.17, 15) is 4.39 Å². The zero-order valence-corrected chi connectivity index (χ0v) is 12.6. The van der Waals surface area contributed by atoms with E-state index in [0.29, 0.717) is 5.96 Å². The normalized spacial score (nSPS) is 20.7. The Labute approximate surface area is 130 Å². The predicted octanol–water partition coefficient (Wildman–Crippen LogP) is 3.67. The number of hydrogen-bond donors (Lipinski definition) is 2. The molecule has 0 saturated heterocycles. The Hall–Kier alpha value is -2.36. The second-order valence-electron chi connectivity index (χ2n) is 5.62. The smallest absolute Gasteiger partial charge is 0.193 e. The molecular formula is C18H20FN3. The van der Waals surface area contributed by atoms with Crippen molar-refractivity contribution in [2.45, 2.75) is 31.7 Å². The summed E-state index contributed by atoms with van der Waals surface area (Å²) in [4.78, 5) is 4.44. The van der Waals surface area contributed by atoms with E-state index >= 15 is 0 Å². The standard InChI is InChI=1S/C18H20FN3/c1-2-12-7-9-13(10-8-12)21-18(20)22-17-11-15(17)14-5-3-4-6-16(14)19/h3-10,15,17H,2,11H2,1H3,(H3,20,21,22)/t15-,17+/m0/s1. The third-order valence-corrected chi connectivity index (χ3v) is 4.00. The second-order valence-corrected chi connectivity index (χ2v) is 5.62. The van der Waals surface area contributed by atoms with E-state index in [1.54, 1.807) is 6.07 Å². The Morgan fingerprint density at radius 1 is 1.23 bits per heavy atom. The van der Waals surface area contributed by atoms with Gasteiger partial charge in [0.15, 0.2) is 5.96 Å². The largest absolute Gasteiger partial charge is 0.370 e. The minimum absolute atomic E-state index is 0.0688. The van der Waals surface area contributed by atoms with Crippen molar-refractivity contribution in [3.8, 4) is 0 Å². The molecule has 4 heteroatoms. The van der Waals surface area contributed by atoms with Gasteiger partial charge in [-0.1, -0.05) is 37.3 Å². The fourth-order valence-corrected chi connectivity index (χ4v) is 2.62. The Morgan fingerprint density at radius 3 is 2.64 bits per heavy atom. The fraction of sp³-hybridized carbons (Fsp3) is 0.278. The highest BCUT2D eigenvalue weighted by molar-refractivity contribution is 5.92. The first kappa shape index (κ1) is 14.6. The van der Waals surface area contributed by atoms with E-state index in [-0.39, 0.29) is 17.8 Å². The van der Waals surface area contributed by atoms with Gasteiger partial charge in [0.25, 0.3) is 0 Å². The second kappa shape index (κ2) is 6.18. The number of halogens is 1. The third kappa shape index (κ3) is 3.27. The summed E-state index contributed by atoms with van der Waals surface area (Å²) in [6, 6.07) is 15.0. The average Bonchev–Trinajstić information content (AvgIpc) is 3.27. The number of hydrogen-bond acceptors (Lipinski definition) is 1. The van der Waals surface area contributed by atoms with Crippen molar-refractivity contribution in [2.24, 2.45) is 10.7 Å². The lowest BCUT2D eigenvalue weighted by atomic mass is 10.1. The van der Waals surface area contributed by atoms with E-state index in [2.05, 4.69) is 29.4 Å². The summed E-state index contributed by atoms with van der Waals surface area (Å²) in [5.41, 5.74) is 8.87. The van der Waals surface area contributed by atoms with Gasteiger partial charge in [-0.05, 0) is 42.2 Å². The van der Waals surface area contributed by atoms with Gasteiger partial charge in [-0.15, -0.1) is 0 Å². The van der Waals surface area contributed by atoms with Crippen LogP contribution in [0.25, 0.3) is 0 Å². The molecule has 0 amide bonds. The van der Waals surface area contributed by atoms with Crippen LogP contribution in [-0.2, 0) is 6.42 Å². The molecule has 0 unspecified atom stereocenters. The molecule has 0 heterocycles. The molecule has 1 fully saturated rings. The minimum Gasteiger partial charge on any atom is -0.370 e. The fourth-order valence-electron chi connectivity index (χ4n) is 2.62. The number of nitrogens with zero attached hydrogens (tertiary/aromatic N) is 1. The summed E-state index contributed by atoms with van der Waals surface area (Å²) in [5, 5.41) is 3.09. The van der Waals surface area contributed by atoms with Crippen LogP contribution >= 0.6 is 0 Å². The van der Waals surface area contributed by atoms with E-state index in [1.165, 1.54) is 11.6 Å². The van der Waals surface area contributed by atoms with Crippen LogP contribution in [0.5, 0.6) is 0 Å². The summed E-state index contributed by atoms with van der Waals surface area (Å²) in [5.74, 6) is 0.365. The number of rotatable bonds is 4. The van der Waals surface area contributed by atoms with Gasteiger partial charge in [0.2, 0.25) is 0 Å². The number of nitrogens with two attached hydrogens (primary N) is 1. The topological polar surface area (TPSA) is 50.4 Å². The van der Waals surface area contributed by atoms with Crippen molar-refractivity contribution in [3.05, 3.63) is 65.5 Å². The lowest BCUT2D eigenvalue weighted by Crippen LogP contribution is -2.23. The number of aliphatic imine (C=N–C) groups is 1. The molecule has 0 bridgehead atoms. The maximum Gasteiger partial charge on any atom is 0.193 e. The quantitative estimate of drug-likeness (QED) is 0.668. The lowest BCUT2D eigenvalue weighted by molar-refractivity contribution is 0.609. The van der Waals surface area contributed by atoms with Gasteiger partial charge >= 0.3 is 0 Å². The zero-order valence-electron chi connectivity index (χ0n) is 12.6. The molecule has 3 nitrogen and oxygen atoms in total. The maximum absolute atomic E-state index is 13.7. The molecule has 114 valence electrons. The van der Waals surface area contributed by atoms with Crippen molar-refractivity contribution < 1.29 is 4.39 Å². The van der Waals surface area contributed by atoms with Gasteiger partial charge in [0.05, 0.1) is 6.04 Å². The van der Waals surface area contributed by atoms with Crippen LogP contribution in [0.1, 0.15) is 30.4 Å². The van der Waals surface area contributed by atoms with Crippen molar-refractivity contribution in [3.63, 3.8) is 0 Å². The van der Waals surface area contributed by atoms with Crippen LogP contribution in [0.4, 0.5) is 10.1 Å². The highest BCUT2D eigenvalue weighted by Gasteiger charge is 2.40. The minimum atomic E-state index is -0.160. The third-order valence-electron chi connectivity index (χ3n) is 4.00. The van der Waals surface area contributed by atoms with Crippen molar-refractivity contribution in [1.29, 1.82) is 0 Å². The van der Waals surface area contributed by atoms with Gasteiger partial charge in [-0.2, -0.15) is 0 Å². The molecule has 3 N–H and O–H groups in total. The Morgan fingerprint density at radius 2 is 1.95 bits per heavy atom. The van der Waals surface area contributed by atoms with E-state index in [0.717, 1.165) is 24.1 Å². The lowest BCUT2D eigenvalue weighted by Gasteiger charge is -2.06. The highest BCUT2D eigenvalue weighted by Crippen LogP contribution is 2.44. The Balaban J connectivity index is 1.62. The van der Waals surface area contributed by atoms with Crippen LogP contribution in [0, 0.1) is 5.82 Å². The Kier molecular flexibility index (Phi) is 4.09. The summed E-state index contributed by atoms with van der Waals surface area (Å²) < 4.78 is 13.7. The van der Waals surface area contributed by atoms with Crippen molar-refractivity contribution in [1.82, 2.24) is 0 Å². The molecule has 3 rings (SSSR count). The first-order valence-corrected chi connectivity index (χ1v) is 7.61. The molecular weight excluding hydrogens is 277 g/mol. The van der Waals surface area contributed by atoms with Crippen LogP contribution in [0.2, 0.25) is 0 Å². The summed E-state index contributed by atoms with van der Waals surface area (Å²) in [6.45, 7) is 2.12. The summed E-state index contributed by atoms with van der Waals surface area (Å²) in [7, 11) is 0. The molecule has 22 heavy (non-hydrogen) atoms. The van der Waals surface area contributed by atoms with E-state index < -0.39 is 0 Å². The molecule has 0 aromatic heterocycles. The SMILES string of the molecule is CCc1ccc(NC(N)=N[C@@H]2C[C@H]2c2ccccc2F)cc1. The molecule has 0 radical (unpaired) electrons. The first-order valence-electron chi connectivity index (χ1n) is 7.61. The summed E-state index contributed by atoms with van der Waals surface area (Å²) in [6.07, 6.45) is 1.86. The van der Waals surface area contributed by atoms with Crippen LogP contribution in [-0.4, -0.2) is 12.0 Å². The molecule has 0 spiro atoms. The van der Waals surface area contributed by atoms with Crippen LogP contribution in [0.15, 0.2) is 53.5 Å². The number of benzene rings is 2. The van der Waals surface area contributed by atoms with Crippen LogP contribution in [0.3, 0.4) is 0 Å². The van der Waals surface area contributed by atoms with Crippen molar-refractivity contribution >= 4 is 11.6 Å². The molecule has 2 atom stereocenters. The molecule has 2 aromatic carbocycles. The van der Waals surface area contributed by atoms with Crippen LogP contribution < -0.4 is 11.1 Å². The van der Waals surface area contributed by atoms with Gasteiger partial charge in [-0.3, -0.25) is 0 Å². The predicted molar refractivity (Wildman–Crippen MR) is 88.6 cm³/mol. The number of aryl methyl sites for hydroxylation is 1. The number of nitrogens with one attached hydrogen (secondary N) is 1. The van der Waals surface area contributed by atoms with Gasteiger partial charge < -0.3 is 11.1 Å². The molecule has 1 aliphatic rings. The number of guanidine groups is 1. The maximum atomic E-state index is 13.7. The first-order chi connectivity index (χ1) is 10.7. The molecule has 2 aromatic rings. The van der Waals surface area contributed by atoms with E-state index in [1.807, 2.05) is 24.3 Å². The highest BCUT2D eigenvalue weighted by atomic mass is 19.1. The number of anilines is 1. The van der Waals surface area contributed by atoms with Gasteiger partial charge in [0, 0.05) is 11.6 Å². The van der Waals surface area contributed by atoms with Gasteiger partial charge in [0.1, 0.15) is 5.82 Å². The zero-order chi connectivity index (χ0) is 15.5. The molecule has 1 saturated carbocycles. The summed E-state index contributed by atoms with van der Waals surface area (Å²) >= 11 is 0. The average molecular weight is 297 g/mol. The van der Waals surface area contributed by atoms with Gasteiger partial charge in [-0.25, -0.2) is 9.38 Å². The van der Waals surface area contributed by atoms with Crippen molar-refractivity contribution in [2.75, 3.05) is 5.32 Å². The molecule has 0 aliphatic heterocycles.